The molecular weight excluding hydrogens is 549 g/mol. The van der Waals surface area contributed by atoms with Crippen LogP contribution in [0.3, 0.4) is 0 Å². The minimum absolute atomic E-state index is 0.126. The lowest BCUT2D eigenvalue weighted by Gasteiger charge is -2.14. The number of rotatable bonds is 5. The fourth-order valence-corrected chi connectivity index (χ4v) is 3.41. The van der Waals surface area contributed by atoms with Crippen molar-refractivity contribution < 1.29 is 41.4 Å². The third-order valence-corrected chi connectivity index (χ3v) is 5.39. The summed E-state index contributed by atoms with van der Waals surface area (Å²) in [7, 11) is 1.18. The normalized spacial score (nSPS) is 11.2. The molecule has 4 rings (SSSR count). The molecule has 3 aromatic carbocycles. The lowest BCUT2D eigenvalue weighted by Crippen LogP contribution is -2.15. The maximum atomic E-state index is 13.8. The standard InChI is InChI=1S/C25H14BrF3O7/c1-33-23(31)13-4-8-16(9-5-13)34-21-20(30)18-11-10-17(12-19(18)36-22(21)25(27,28)29)35-24(32)14-2-6-15(26)7-3-14/h2-12H,1H3. The van der Waals surface area contributed by atoms with Crippen molar-refractivity contribution in [2.24, 2.45) is 0 Å². The molecule has 11 heteroatoms. The van der Waals surface area contributed by atoms with Crippen LogP contribution in [0.2, 0.25) is 0 Å². The Hall–Kier alpha value is -4.12. The summed E-state index contributed by atoms with van der Waals surface area (Å²) in [6.07, 6.45) is -5.08. The third kappa shape index (κ3) is 5.25. The van der Waals surface area contributed by atoms with Gasteiger partial charge < -0.3 is 18.6 Å². The molecular formula is C25H14BrF3O7. The molecule has 0 aliphatic heterocycles. The van der Waals surface area contributed by atoms with E-state index in [4.69, 9.17) is 13.9 Å². The second-order valence-electron chi connectivity index (χ2n) is 7.26. The first-order valence-corrected chi connectivity index (χ1v) is 10.9. The maximum absolute atomic E-state index is 13.8. The number of esters is 2. The van der Waals surface area contributed by atoms with Gasteiger partial charge in [0.2, 0.25) is 11.2 Å². The third-order valence-electron chi connectivity index (χ3n) is 4.87. The minimum atomic E-state index is -5.08. The molecule has 0 spiro atoms. The molecule has 0 aliphatic carbocycles. The van der Waals surface area contributed by atoms with Crippen molar-refractivity contribution in [3.05, 3.63) is 98.3 Å². The van der Waals surface area contributed by atoms with Gasteiger partial charge in [-0.3, -0.25) is 4.79 Å². The van der Waals surface area contributed by atoms with Crippen LogP contribution in [-0.4, -0.2) is 19.0 Å². The van der Waals surface area contributed by atoms with Crippen LogP contribution in [0.5, 0.6) is 17.2 Å². The van der Waals surface area contributed by atoms with Crippen LogP contribution in [0, 0.1) is 0 Å². The van der Waals surface area contributed by atoms with Crippen molar-refractivity contribution in [2.75, 3.05) is 7.11 Å². The first-order chi connectivity index (χ1) is 17.1. The maximum Gasteiger partial charge on any atom is 0.453 e. The zero-order valence-electron chi connectivity index (χ0n) is 18.2. The van der Waals surface area contributed by atoms with Crippen LogP contribution < -0.4 is 14.9 Å². The molecule has 0 fully saturated rings. The second-order valence-corrected chi connectivity index (χ2v) is 8.18. The summed E-state index contributed by atoms with van der Waals surface area (Å²) < 4.78 is 62.1. The monoisotopic (exact) mass is 562 g/mol. The fourth-order valence-electron chi connectivity index (χ4n) is 3.15. The number of carbonyl (C=O) groups is 2. The molecule has 7 nitrogen and oxygen atoms in total. The van der Waals surface area contributed by atoms with E-state index in [0.29, 0.717) is 0 Å². The van der Waals surface area contributed by atoms with Gasteiger partial charge >= 0.3 is 18.1 Å². The van der Waals surface area contributed by atoms with E-state index < -0.39 is 40.6 Å². The van der Waals surface area contributed by atoms with Gasteiger partial charge in [0.05, 0.1) is 23.6 Å². The van der Waals surface area contributed by atoms with Gasteiger partial charge in [-0.1, -0.05) is 15.9 Å². The Kier molecular flexibility index (Phi) is 6.84. The van der Waals surface area contributed by atoms with Gasteiger partial charge in [0.15, 0.2) is 0 Å². The second kappa shape index (κ2) is 9.86. The van der Waals surface area contributed by atoms with Gasteiger partial charge in [-0.15, -0.1) is 0 Å². The number of halogens is 4. The van der Waals surface area contributed by atoms with Crippen molar-refractivity contribution >= 4 is 38.8 Å². The Balaban J connectivity index is 1.71. The van der Waals surface area contributed by atoms with Gasteiger partial charge in [0, 0.05) is 10.5 Å². The Bertz CT molecular complexity index is 1510. The quantitative estimate of drug-likeness (QED) is 0.206. The summed E-state index contributed by atoms with van der Waals surface area (Å²) in [5, 5.41) is -0.229. The molecule has 0 saturated carbocycles. The average molecular weight is 563 g/mol. The molecule has 0 radical (unpaired) electrons. The van der Waals surface area contributed by atoms with Gasteiger partial charge in [-0.25, -0.2) is 9.59 Å². The number of methoxy groups -OCH3 is 1. The number of hydrogen-bond donors (Lipinski definition) is 0. The van der Waals surface area contributed by atoms with Crippen LogP contribution in [0.1, 0.15) is 26.5 Å². The minimum Gasteiger partial charge on any atom is -0.465 e. The van der Waals surface area contributed by atoms with E-state index in [0.717, 1.165) is 10.5 Å². The van der Waals surface area contributed by atoms with E-state index in [2.05, 4.69) is 20.7 Å². The molecule has 4 aromatic rings. The molecule has 0 N–H and O–H groups in total. The van der Waals surface area contributed by atoms with Crippen molar-refractivity contribution in [3.8, 4) is 17.2 Å². The summed E-state index contributed by atoms with van der Waals surface area (Å²) in [6, 6.07) is 14.6. The number of benzene rings is 3. The molecule has 36 heavy (non-hydrogen) atoms. The highest BCUT2D eigenvalue weighted by atomic mass is 79.9. The van der Waals surface area contributed by atoms with Gasteiger partial charge in [0.1, 0.15) is 17.1 Å². The van der Waals surface area contributed by atoms with Crippen molar-refractivity contribution in [3.63, 3.8) is 0 Å². The molecule has 0 aliphatic rings. The Morgan fingerprint density at radius 2 is 1.44 bits per heavy atom. The summed E-state index contributed by atoms with van der Waals surface area (Å²) >= 11 is 3.24. The molecule has 0 amide bonds. The van der Waals surface area contributed by atoms with Crippen LogP contribution >= 0.6 is 15.9 Å². The lowest BCUT2D eigenvalue weighted by atomic mass is 10.2. The summed E-state index contributed by atoms with van der Waals surface area (Å²) in [5.41, 5.74) is -1.21. The van der Waals surface area contributed by atoms with Gasteiger partial charge in [0.25, 0.3) is 5.76 Å². The largest absolute Gasteiger partial charge is 0.465 e. The average Bonchev–Trinajstić information content (AvgIpc) is 2.85. The Labute approximate surface area is 209 Å². The molecule has 184 valence electrons. The Morgan fingerprint density at radius 3 is 2.06 bits per heavy atom. The van der Waals surface area contributed by atoms with Crippen LogP contribution in [0.25, 0.3) is 11.0 Å². The van der Waals surface area contributed by atoms with Crippen molar-refractivity contribution in [1.82, 2.24) is 0 Å². The fraction of sp³-hybridized carbons (Fsp3) is 0.0800. The Morgan fingerprint density at radius 1 is 0.861 bits per heavy atom. The van der Waals surface area contributed by atoms with E-state index in [9.17, 15) is 27.6 Å². The van der Waals surface area contributed by atoms with E-state index >= 15 is 0 Å². The summed E-state index contributed by atoms with van der Waals surface area (Å²) in [6.45, 7) is 0. The molecule has 0 saturated heterocycles. The number of alkyl halides is 3. The van der Waals surface area contributed by atoms with Gasteiger partial charge in [-0.05, 0) is 60.7 Å². The van der Waals surface area contributed by atoms with E-state index in [1.165, 1.54) is 55.6 Å². The topological polar surface area (TPSA) is 92.0 Å². The SMILES string of the molecule is COC(=O)c1ccc(Oc2c(C(F)(F)F)oc3cc(OC(=O)c4ccc(Br)cc4)ccc3c2=O)cc1. The molecule has 0 bridgehead atoms. The highest BCUT2D eigenvalue weighted by molar-refractivity contribution is 9.10. The number of ether oxygens (including phenoxy) is 3. The lowest BCUT2D eigenvalue weighted by molar-refractivity contribution is -0.154. The van der Waals surface area contributed by atoms with Crippen LogP contribution in [0.15, 0.2) is 80.4 Å². The molecule has 0 atom stereocenters. The van der Waals surface area contributed by atoms with Crippen LogP contribution in [0.4, 0.5) is 13.2 Å². The van der Waals surface area contributed by atoms with Crippen molar-refractivity contribution in [1.29, 1.82) is 0 Å². The number of carbonyl (C=O) groups excluding carboxylic acids is 2. The predicted molar refractivity (Wildman–Crippen MR) is 124 cm³/mol. The van der Waals surface area contributed by atoms with E-state index in [1.54, 1.807) is 12.1 Å². The summed E-state index contributed by atoms with van der Waals surface area (Å²) in [5.74, 6) is -4.43. The molecule has 0 unspecified atom stereocenters. The van der Waals surface area contributed by atoms with Crippen molar-refractivity contribution in [2.45, 2.75) is 6.18 Å². The van der Waals surface area contributed by atoms with E-state index in [1.807, 2.05) is 0 Å². The van der Waals surface area contributed by atoms with Crippen LogP contribution in [-0.2, 0) is 10.9 Å². The van der Waals surface area contributed by atoms with Gasteiger partial charge in [-0.2, -0.15) is 13.2 Å². The zero-order chi connectivity index (χ0) is 26.0. The first-order valence-electron chi connectivity index (χ1n) is 10.1. The number of fused-ring (bicyclic) bond motifs is 1. The first kappa shape index (κ1) is 25.0. The number of hydrogen-bond acceptors (Lipinski definition) is 7. The summed E-state index contributed by atoms with van der Waals surface area (Å²) in [4.78, 5) is 36.8. The zero-order valence-corrected chi connectivity index (χ0v) is 19.8. The highest BCUT2D eigenvalue weighted by Gasteiger charge is 2.40. The molecule has 1 aromatic heterocycles. The van der Waals surface area contributed by atoms with E-state index in [-0.39, 0.29) is 28.0 Å². The smallest absolute Gasteiger partial charge is 0.453 e. The highest BCUT2D eigenvalue weighted by Crippen LogP contribution is 2.38. The molecule has 1 heterocycles. The predicted octanol–water partition coefficient (Wildman–Crippen LogP) is 6.37.